The lowest BCUT2D eigenvalue weighted by Gasteiger charge is -2.10. The number of halogens is 1. The number of anilines is 1. The van der Waals surface area contributed by atoms with Gasteiger partial charge in [0.25, 0.3) is 0 Å². The molecule has 0 saturated carbocycles. The normalized spacial score (nSPS) is 11.1. The molecule has 0 fully saturated rings. The standard InChI is InChI=1S/C20H25BrN4O3/c1-13-10-15(21)5-6-16(13)25-19(26)8-9-23-20(22)24-12-14-4-7-17(27-2)18(11-14)28-3/h4-7,10-11H,8-9,12H2,1-3H3,(H,25,26)(H3,22,23,24). The van der Waals surface area contributed by atoms with Gasteiger partial charge >= 0.3 is 0 Å². The Morgan fingerprint density at radius 1 is 1.14 bits per heavy atom. The topological polar surface area (TPSA) is 98.0 Å². The molecular weight excluding hydrogens is 424 g/mol. The highest BCUT2D eigenvalue weighted by Gasteiger charge is 2.06. The van der Waals surface area contributed by atoms with E-state index in [1.807, 2.05) is 43.3 Å². The minimum Gasteiger partial charge on any atom is -0.493 e. The van der Waals surface area contributed by atoms with E-state index >= 15 is 0 Å². The van der Waals surface area contributed by atoms with Crippen LogP contribution < -0.4 is 25.8 Å². The molecule has 0 radical (unpaired) electrons. The molecular formula is C20H25BrN4O3. The smallest absolute Gasteiger partial charge is 0.226 e. The number of rotatable bonds is 8. The van der Waals surface area contributed by atoms with Crippen LogP contribution in [0.4, 0.5) is 5.69 Å². The maximum atomic E-state index is 12.1. The number of carbonyl (C=O) groups excluding carboxylic acids is 1. The van der Waals surface area contributed by atoms with E-state index in [2.05, 4.69) is 31.6 Å². The number of methoxy groups -OCH3 is 2. The monoisotopic (exact) mass is 448 g/mol. The molecule has 0 aromatic heterocycles. The summed E-state index contributed by atoms with van der Waals surface area (Å²) < 4.78 is 11.5. The lowest BCUT2D eigenvalue weighted by atomic mass is 10.2. The van der Waals surface area contributed by atoms with Crippen LogP contribution in [0.15, 0.2) is 45.9 Å². The van der Waals surface area contributed by atoms with Crippen LogP contribution in [-0.4, -0.2) is 32.6 Å². The Morgan fingerprint density at radius 3 is 2.57 bits per heavy atom. The van der Waals surface area contributed by atoms with Crippen LogP contribution in [0.3, 0.4) is 0 Å². The summed E-state index contributed by atoms with van der Waals surface area (Å²) in [5, 5.41) is 5.83. The van der Waals surface area contributed by atoms with Crippen LogP contribution in [-0.2, 0) is 11.3 Å². The number of amides is 1. The molecule has 0 atom stereocenters. The average Bonchev–Trinajstić information content (AvgIpc) is 2.68. The summed E-state index contributed by atoms with van der Waals surface area (Å²) in [6.07, 6.45) is 0.280. The molecule has 8 heteroatoms. The van der Waals surface area contributed by atoms with Crippen LogP contribution in [0.1, 0.15) is 17.5 Å². The van der Waals surface area contributed by atoms with Gasteiger partial charge in [-0.25, -0.2) is 4.99 Å². The number of benzene rings is 2. The summed E-state index contributed by atoms with van der Waals surface area (Å²) in [5.41, 5.74) is 8.60. The third-order valence-corrected chi connectivity index (χ3v) is 4.49. The summed E-state index contributed by atoms with van der Waals surface area (Å²) >= 11 is 3.40. The summed E-state index contributed by atoms with van der Waals surface area (Å²) in [7, 11) is 3.17. The largest absolute Gasteiger partial charge is 0.493 e. The fourth-order valence-electron chi connectivity index (χ4n) is 2.50. The van der Waals surface area contributed by atoms with Gasteiger partial charge in [-0.2, -0.15) is 0 Å². The van der Waals surface area contributed by atoms with E-state index in [4.69, 9.17) is 15.2 Å². The Morgan fingerprint density at radius 2 is 1.89 bits per heavy atom. The Kier molecular flexibility index (Phi) is 8.13. The molecule has 28 heavy (non-hydrogen) atoms. The average molecular weight is 449 g/mol. The van der Waals surface area contributed by atoms with E-state index in [9.17, 15) is 4.79 Å². The van der Waals surface area contributed by atoms with Crippen molar-refractivity contribution in [1.82, 2.24) is 5.32 Å². The van der Waals surface area contributed by atoms with E-state index in [-0.39, 0.29) is 18.3 Å². The van der Waals surface area contributed by atoms with Gasteiger partial charge in [-0.15, -0.1) is 0 Å². The lowest BCUT2D eigenvalue weighted by molar-refractivity contribution is -0.116. The second kappa shape index (κ2) is 10.6. The van der Waals surface area contributed by atoms with E-state index in [1.165, 1.54) is 0 Å². The Balaban J connectivity index is 1.80. The molecule has 2 rings (SSSR count). The predicted octanol–water partition coefficient (Wildman–Crippen LogP) is 3.21. The first-order valence-corrected chi connectivity index (χ1v) is 9.53. The van der Waals surface area contributed by atoms with Crippen LogP contribution in [0.25, 0.3) is 0 Å². The third-order valence-electron chi connectivity index (χ3n) is 4.00. The number of hydrogen-bond acceptors (Lipinski definition) is 4. The van der Waals surface area contributed by atoms with Crippen molar-refractivity contribution in [3.63, 3.8) is 0 Å². The van der Waals surface area contributed by atoms with Crippen molar-refractivity contribution < 1.29 is 14.3 Å². The zero-order chi connectivity index (χ0) is 20.5. The number of ether oxygens (including phenoxy) is 2. The zero-order valence-electron chi connectivity index (χ0n) is 16.2. The molecule has 0 heterocycles. The number of guanidine groups is 1. The first-order chi connectivity index (χ1) is 13.4. The van der Waals surface area contributed by atoms with Gasteiger partial charge in [0.2, 0.25) is 5.91 Å². The van der Waals surface area contributed by atoms with Gasteiger partial charge in [0.1, 0.15) is 0 Å². The maximum Gasteiger partial charge on any atom is 0.226 e. The quantitative estimate of drug-likeness (QED) is 0.425. The Labute approximate surface area is 173 Å². The second-order valence-corrected chi connectivity index (χ2v) is 6.99. The molecule has 0 spiro atoms. The van der Waals surface area contributed by atoms with Crippen LogP contribution in [0.5, 0.6) is 11.5 Å². The minimum absolute atomic E-state index is 0.0920. The van der Waals surface area contributed by atoms with Gasteiger partial charge in [-0.1, -0.05) is 22.0 Å². The van der Waals surface area contributed by atoms with Crippen molar-refractivity contribution >= 4 is 33.5 Å². The molecule has 0 aliphatic heterocycles. The van der Waals surface area contributed by atoms with E-state index in [0.29, 0.717) is 24.6 Å². The van der Waals surface area contributed by atoms with Crippen LogP contribution >= 0.6 is 15.9 Å². The number of aryl methyl sites for hydroxylation is 1. The summed E-state index contributed by atoms with van der Waals surface area (Å²) in [6, 6.07) is 11.3. The van der Waals surface area contributed by atoms with Crippen molar-refractivity contribution in [2.75, 3.05) is 26.1 Å². The maximum absolute atomic E-state index is 12.1. The molecule has 0 bridgehead atoms. The summed E-state index contributed by atoms with van der Waals surface area (Å²) in [4.78, 5) is 16.4. The highest BCUT2D eigenvalue weighted by Crippen LogP contribution is 2.27. The van der Waals surface area contributed by atoms with E-state index in [0.717, 1.165) is 21.3 Å². The van der Waals surface area contributed by atoms with E-state index < -0.39 is 0 Å². The zero-order valence-corrected chi connectivity index (χ0v) is 17.8. The molecule has 0 saturated heterocycles. The molecule has 2 aromatic carbocycles. The third kappa shape index (κ3) is 6.45. The second-order valence-electron chi connectivity index (χ2n) is 6.08. The number of nitrogens with one attached hydrogen (secondary N) is 2. The van der Waals surface area contributed by atoms with Gasteiger partial charge in [0, 0.05) is 23.1 Å². The van der Waals surface area contributed by atoms with E-state index in [1.54, 1.807) is 14.2 Å². The van der Waals surface area contributed by atoms with Gasteiger partial charge in [0.05, 0.1) is 20.8 Å². The minimum atomic E-state index is -0.0920. The molecule has 0 unspecified atom stereocenters. The Bertz CT molecular complexity index is 855. The number of nitrogens with zero attached hydrogens (tertiary/aromatic N) is 1. The number of aliphatic imine (C=N–C) groups is 1. The number of hydrogen-bond donors (Lipinski definition) is 3. The van der Waals surface area contributed by atoms with Crippen molar-refractivity contribution in [2.45, 2.75) is 19.9 Å². The molecule has 150 valence electrons. The summed E-state index contributed by atoms with van der Waals surface area (Å²) in [5.74, 6) is 1.49. The number of nitrogens with two attached hydrogens (primary N) is 1. The van der Waals surface area contributed by atoms with Crippen LogP contribution in [0.2, 0.25) is 0 Å². The lowest BCUT2D eigenvalue weighted by Crippen LogP contribution is -2.34. The molecule has 2 aromatic rings. The predicted molar refractivity (Wildman–Crippen MR) is 115 cm³/mol. The van der Waals surface area contributed by atoms with Crippen molar-refractivity contribution in [3.05, 3.63) is 52.0 Å². The molecule has 1 amide bonds. The molecule has 7 nitrogen and oxygen atoms in total. The molecule has 0 aliphatic rings. The van der Waals surface area contributed by atoms with Gasteiger partial charge in [0.15, 0.2) is 17.5 Å². The fourth-order valence-corrected chi connectivity index (χ4v) is 2.97. The molecule has 4 N–H and O–H groups in total. The Hall–Kier alpha value is -2.74. The van der Waals surface area contributed by atoms with Crippen molar-refractivity contribution in [3.8, 4) is 11.5 Å². The van der Waals surface area contributed by atoms with Gasteiger partial charge < -0.3 is 25.8 Å². The van der Waals surface area contributed by atoms with Gasteiger partial charge in [-0.3, -0.25) is 4.79 Å². The molecule has 0 aliphatic carbocycles. The first kappa shape index (κ1) is 21.6. The highest BCUT2D eigenvalue weighted by atomic mass is 79.9. The summed E-state index contributed by atoms with van der Waals surface area (Å²) in [6.45, 7) is 2.73. The van der Waals surface area contributed by atoms with Gasteiger partial charge in [-0.05, 0) is 48.4 Å². The van der Waals surface area contributed by atoms with Crippen molar-refractivity contribution in [1.29, 1.82) is 0 Å². The fraction of sp³-hybridized carbons (Fsp3) is 0.300. The number of carbonyl (C=O) groups is 1. The first-order valence-electron chi connectivity index (χ1n) is 8.73. The highest BCUT2D eigenvalue weighted by molar-refractivity contribution is 9.10. The van der Waals surface area contributed by atoms with Crippen molar-refractivity contribution in [2.24, 2.45) is 10.7 Å². The SMILES string of the molecule is COc1ccc(CN=C(N)NCCC(=O)Nc2ccc(Br)cc2C)cc1OC. The van der Waals surface area contributed by atoms with Crippen LogP contribution in [0, 0.1) is 6.92 Å².